The minimum absolute atomic E-state index is 0.0656. The standard InChI is InChI=1S/C16H25FN2O/c1-11-4-5-13(17)8-14(11)15(9-18)19-7-6-12(2)16(10-19)20-3/h4-5,8,12,15-16H,6-7,9-10,18H2,1-3H3. The highest BCUT2D eigenvalue weighted by molar-refractivity contribution is 5.30. The molecular formula is C16H25FN2O. The van der Waals surface area contributed by atoms with Crippen LogP contribution in [-0.2, 0) is 4.74 Å². The fraction of sp³-hybridized carbons (Fsp3) is 0.625. The van der Waals surface area contributed by atoms with E-state index in [2.05, 4.69) is 11.8 Å². The van der Waals surface area contributed by atoms with E-state index in [4.69, 9.17) is 10.5 Å². The van der Waals surface area contributed by atoms with Crippen LogP contribution in [-0.4, -0.2) is 37.7 Å². The van der Waals surface area contributed by atoms with Crippen LogP contribution in [0.4, 0.5) is 4.39 Å². The fourth-order valence-electron chi connectivity index (χ4n) is 3.09. The predicted octanol–water partition coefficient (Wildman–Crippen LogP) is 2.49. The highest BCUT2D eigenvalue weighted by atomic mass is 19.1. The summed E-state index contributed by atoms with van der Waals surface area (Å²) in [6.07, 6.45) is 1.32. The topological polar surface area (TPSA) is 38.5 Å². The number of nitrogens with zero attached hydrogens (tertiary/aromatic N) is 1. The van der Waals surface area contributed by atoms with Crippen LogP contribution >= 0.6 is 0 Å². The summed E-state index contributed by atoms with van der Waals surface area (Å²) in [5.74, 6) is 0.362. The van der Waals surface area contributed by atoms with Gasteiger partial charge in [0, 0.05) is 26.2 Å². The van der Waals surface area contributed by atoms with Crippen LogP contribution in [0.3, 0.4) is 0 Å². The number of ether oxygens (including phenoxy) is 1. The first kappa shape index (κ1) is 15.4. The Bertz CT molecular complexity index is 452. The SMILES string of the molecule is COC1CN(C(CN)c2cc(F)ccc2C)CCC1C. The number of piperidine rings is 1. The fourth-order valence-corrected chi connectivity index (χ4v) is 3.09. The summed E-state index contributed by atoms with van der Waals surface area (Å²) in [4.78, 5) is 2.33. The Kier molecular flexibility index (Phi) is 5.13. The predicted molar refractivity (Wildman–Crippen MR) is 79.1 cm³/mol. The lowest BCUT2D eigenvalue weighted by Gasteiger charge is -2.40. The van der Waals surface area contributed by atoms with Gasteiger partial charge >= 0.3 is 0 Å². The number of benzene rings is 1. The van der Waals surface area contributed by atoms with Crippen molar-refractivity contribution in [3.63, 3.8) is 0 Å². The van der Waals surface area contributed by atoms with E-state index in [1.165, 1.54) is 6.07 Å². The highest BCUT2D eigenvalue weighted by Gasteiger charge is 2.31. The van der Waals surface area contributed by atoms with Gasteiger partial charge in [0.15, 0.2) is 0 Å². The average Bonchev–Trinajstić information content (AvgIpc) is 2.45. The third-order valence-electron chi connectivity index (χ3n) is 4.49. The van der Waals surface area contributed by atoms with Crippen LogP contribution in [0.5, 0.6) is 0 Å². The maximum absolute atomic E-state index is 13.5. The van der Waals surface area contributed by atoms with E-state index in [9.17, 15) is 4.39 Å². The Morgan fingerprint density at radius 3 is 2.90 bits per heavy atom. The molecule has 1 fully saturated rings. The molecule has 2 N–H and O–H groups in total. The molecular weight excluding hydrogens is 255 g/mol. The lowest BCUT2D eigenvalue weighted by Crippen LogP contribution is -2.47. The Labute approximate surface area is 120 Å². The molecule has 0 saturated carbocycles. The normalized spacial score (nSPS) is 25.6. The number of halogens is 1. The molecule has 0 aliphatic carbocycles. The summed E-state index contributed by atoms with van der Waals surface area (Å²) in [5, 5.41) is 0. The lowest BCUT2D eigenvalue weighted by molar-refractivity contribution is -0.0184. The zero-order valence-electron chi connectivity index (χ0n) is 12.6. The largest absolute Gasteiger partial charge is 0.380 e. The van der Waals surface area contributed by atoms with E-state index in [-0.39, 0.29) is 18.0 Å². The molecule has 3 nitrogen and oxygen atoms in total. The van der Waals surface area contributed by atoms with Gasteiger partial charge in [-0.3, -0.25) is 4.90 Å². The summed E-state index contributed by atoms with van der Waals surface area (Å²) in [5.41, 5.74) is 8.06. The molecule has 0 bridgehead atoms. The smallest absolute Gasteiger partial charge is 0.123 e. The first-order valence-corrected chi connectivity index (χ1v) is 7.29. The number of likely N-dealkylation sites (tertiary alicyclic amines) is 1. The summed E-state index contributed by atoms with van der Waals surface area (Å²) < 4.78 is 19.1. The molecule has 0 aromatic heterocycles. The molecule has 3 unspecified atom stereocenters. The zero-order chi connectivity index (χ0) is 14.7. The number of hydrogen-bond donors (Lipinski definition) is 1. The first-order chi connectivity index (χ1) is 9.56. The lowest BCUT2D eigenvalue weighted by atomic mass is 9.92. The van der Waals surface area contributed by atoms with Crippen LogP contribution in [0.25, 0.3) is 0 Å². The van der Waals surface area contributed by atoms with Crippen molar-refractivity contribution in [2.75, 3.05) is 26.7 Å². The summed E-state index contributed by atoms with van der Waals surface area (Å²) >= 11 is 0. The van der Waals surface area contributed by atoms with Crippen molar-refractivity contribution in [3.05, 3.63) is 35.1 Å². The Hall–Kier alpha value is -0.970. The molecule has 3 atom stereocenters. The average molecular weight is 280 g/mol. The molecule has 0 radical (unpaired) electrons. The Balaban J connectivity index is 2.21. The molecule has 1 saturated heterocycles. The van der Waals surface area contributed by atoms with Crippen molar-refractivity contribution in [3.8, 4) is 0 Å². The van der Waals surface area contributed by atoms with Crippen LogP contribution in [0.2, 0.25) is 0 Å². The number of nitrogens with two attached hydrogens (primary N) is 1. The van der Waals surface area contributed by atoms with Gasteiger partial charge in [0.1, 0.15) is 5.82 Å². The second-order valence-electron chi connectivity index (χ2n) is 5.79. The summed E-state index contributed by atoms with van der Waals surface area (Å²) in [7, 11) is 1.76. The second kappa shape index (κ2) is 6.66. The quantitative estimate of drug-likeness (QED) is 0.921. The van der Waals surface area contributed by atoms with Gasteiger partial charge in [0.05, 0.1) is 6.10 Å². The van der Waals surface area contributed by atoms with Crippen molar-refractivity contribution in [1.29, 1.82) is 0 Å². The molecule has 1 aromatic rings. The molecule has 20 heavy (non-hydrogen) atoms. The Morgan fingerprint density at radius 2 is 2.25 bits per heavy atom. The number of hydrogen-bond acceptors (Lipinski definition) is 3. The van der Waals surface area contributed by atoms with Crippen molar-refractivity contribution < 1.29 is 9.13 Å². The molecule has 2 rings (SSSR count). The molecule has 1 aliphatic rings. The zero-order valence-corrected chi connectivity index (χ0v) is 12.6. The number of methoxy groups -OCH3 is 1. The van der Waals surface area contributed by atoms with Gasteiger partial charge in [0.2, 0.25) is 0 Å². The van der Waals surface area contributed by atoms with Crippen molar-refractivity contribution in [1.82, 2.24) is 4.90 Å². The van der Waals surface area contributed by atoms with Crippen LogP contribution in [0.15, 0.2) is 18.2 Å². The van der Waals surface area contributed by atoms with Crippen LogP contribution in [0, 0.1) is 18.7 Å². The third kappa shape index (κ3) is 3.19. The number of rotatable bonds is 4. The van der Waals surface area contributed by atoms with Crippen LogP contribution < -0.4 is 5.73 Å². The maximum atomic E-state index is 13.5. The van der Waals surface area contributed by atoms with E-state index in [1.807, 2.05) is 13.0 Å². The van der Waals surface area contributed by atoms with Gasteiger partial charge < -0.3 is 10.5 Å². The van der Waals surface area contributed by atoms with Gasteiger partial charge in [-0.25, -0.2) is 4.39 Å². The van der Waals surface area contributed by atoms with Gasteiger partial charge in [-0.2, -0.15) is 0 Å². The molecule has 1 aromatic carbocycles. The van der Waals surface area contributed by atoms with E-state index >= 15 is 0 Å². The van der Waals surface area contributed by atoms with E-state index < -0.39 is 0 Å². The summed E-state index contributed by atoms with van der Waals surface area (Å²) in [6, 6.07) is 5.01. The van der Waals surface area contributed by atoms with Gasteiger partial charge in [-0.05, 0) is 49.1 Å². The van der Waals surface area contributed by atoms with Crippen molar-refractivity contribution in [2.24, 2.45) is 11.7 Å². The van der Waals surface area contributed by atoms with E-state index in [1.54, 1.807) is 13.2 Å². The molecule has 112 valence electrons. The van der Waals surface area contributed by atoms with Gasteiger partial charge in [-0.15, -0.1) is 0 Å². The molecule has 0 spiro atoms. The first-order valence-electron chi connectivity index (χ1n) is 7.29. The van der Waals surface area contributed by atoms with E-state index in [0.717, 1.165) is 30.6 Å². The van der Waals surface area contributed by atoms with Crippen molar-refractivity contribution >= 4 is 0 Å². The van der Waals surface area contributed by atoms with Crippen LogP contribution in [0.1, 0.15) is 30.5 Å². The monoisotopic (exact) mass is 280 g/mol. The van der Waals surface area contributed by atoms with Gasteiger partial charge in [0.25, 0.3) is 0 Å². The molecule has 1 heterocycles. The molecule has 0 amide bonds. The van der Waals surface area contributed by atoms with E-state index in [0.29, 0.717) is 12.5 Å². The number of aryl methyl sites for hydroxylation is 1. The molecule has 4 heteroatoms. The van der Waals surface area contributed by atoms with Crippen molar-refractivity contribution in [2.45, 2.75) is 32.4 Å². The minimum atomic E-state index is -0.197. The maximum Gasteiger partial charge on any atom is 0.123 e. The molecule has 1 aliphatic heterocycles. The third-order valence-corrected chi connectivity index (χ3v) is 4.49. The summed E-state index contributed by atoms with van der Waals surface area (Å²) in [6.45, 7) is 6.57. The second-order valence-corrected chi connectivity index (χ2v) is 5.79. The highest BCUT2D eigenvalue weighted by Crippen LogP contribution is 2.29. The van der Waals surface area contributed by atoms with Gasteiger partial charge in [-0.1, -0.05) is 13.0 Å². The Morgan fingerprint density at radius 1 is 1.50 bits per heavy atom. The minimum Gasteiger partial charge on any atom is -0.380 e.